The second-order valence-corrected chi connectivity index (χ2v) is 6.57. The lowest BCUT2D eigenvalue weighted by Gasteiger charge is -2.22. The van der Waals surface area contributed by atoms with Crippen LogP contribution in [-0.2, 0) is 30.4 Å². The first kappa shape index (κ1) is 23.6. The third-order valence-corrected chi connectivity index (χ3v) is 4.04. The zero-order valence-corrected chi connectivity index (χ0v) is 16.3. The maximum atomic E-state index is 12.6. The van der Waals surface area contributed by atoms with Crippen molar-refractivity contribution in [1.29, 1.82) is 0 Å². The van der Waals surface area contributed by atoms with E-state index < -0.39 is 47.7 Å². The minimum atomic E-state index is -1.17. The van der Waals surface area contributed by atoms with E-state index in [9.17, 15) is 24.0 Å². The van der Waals surface area contributed by atoms with Crippen LogP contribution < -0.4 is 21.7 Å². The number of carboxylic acids is 1. The predicted octanol–water partition coefficient (Wildman–Crippen LogP) is -0.927. The van der Waals surface area contributed by atoms with Gasteiger partial charge in [-0.25, -0.2) is 0 Å². The molecule has 0 aliphatic rings. The fraction of sp³-hybridized carbons (Fsp3) is 0.421. The molecule has 0 saturated carbocycles. The SMILES string of the molecule is CC(=O)N[C@@H](Cc1ccccc1)C(=O)N[C@@H](C)C(=O)N[C@@H](CCC(=O)O)C(N)=O. The Labute approximate surface area is 168 Å². The van der Waals surface area contributed by atoms with Gasteiger partial charge in [0.25, 0.3) is 0 Å². The number of benzene rings is 1. The molecule has 0 aliphatic heterocycles. The van der Waals surface area contributed by atoms with Crippen molar-refractivity contribution in [2.45, 2.75) is 51.2 Å². The highest BCUT2D eigenvalue weighted by Gasteiger charge is 2.26. The smallest absolute Gasteiger partial charge is 0.303 e. The number of amides is 4. The molecule has 0 radical (unpaired) electrons. The summed E-state index contributed by atoms with van der Waals surface area (Å²) in [5.41, 5.74) is 6.00. The lowest BCUT2D eigenvalue weighted by atomic mass is 10.0. The van der Waals surface area contributed by atoms with Crippen LogP contribution in [0.1, 0.15) is 32.3 Å². The normalized spacial score (nSPS) is 13.4. The van der Waals surface area contributed by atoms with Crippen LogP contribution in [0.4, 0.5) is 0 Å². The molecule has 0 fully saturated rings. The molecule has 0 unspecified atom stereocenters. The van der Waals surface area contributed by atoms with Gasteiger partial charge >= 0.3 is 5.97 Å². The van der Waals surface area contributed by atoms with Crippen molar-refractivity contribution in [2.75, 3.05) is 0 Å². The summed E-state index contributed by atoms with van der Waals surface area (Å²) in [7, 11) is 0. The van der Waals surface area contributed by atoms with E-state index in [0.29, 0.717) is 0 Å². The minimum absolute atomic E-state index is 0.167. The molecular weight excluding hydrogens is 380 g/mol. The van der Waals surface area contributed by atoms with Crippen LogP contribution in [0.5, 0.6) is 0 Å². The Hall–Kier alpha value is -3.43. The number of hydrogen-bond donors (Lipinski definition) is 5. The number of nitrogens with two attached hydrogens (primary N) is 1. The molecule has 0 aliphatic carbocycles. The standard InChI is InChI=1S/C19H26N4O6/c1-11(18(28)23-14(17(20)27)8-9-16(25)26)21-19(29)15(22-12(2)24)10-13-6-4-3-5-7-13/h3-7,11,14-15H,8-10H2,1-2H3,(H2,20,27)(H,21,29)(H,22,24)(H,23,28)(H,25,26)/t11-,14-,15-/m0/s1. The number of hydrogen-bond acceptors (Lipinski definition) is 5. The van der Waals surface area contributed by atoms with Crippen LogP contribution in [-0.4, -0.2) is 52.8 Å². The van der Waals surface area contributed by atoms with Gasteiger partial charge in [-0.2, -0.15) is 0 Å². The minimum Gasteiger partial charge on any atom is -0.481 e. The third kappa shape index (κ3) is 8.87. The van der Waals surface area contributed by atoms with Crippen molar-refractivity contribution in [3.63, 3.8) is 0 Å². The summed E-state index contributed by atoms with van der Waals surface area (Å²) in [5.74, 6) is -3.69. The van der Waals surface area contributed by atoms with E-state index in [-0.39, 0.29) is 19.3 Å². The molecule has 1 rings (SSSR count). The summed E-state index contributed by atoms with van der Waals surface area (Å²) in [6, 6.07) is 5.92. The number of rotatable bonds is 11. The number of carbonyl (C=O) groups excluding carboxylic acids is 4. The molecule has 0 bridgehead atoms. The van der Waals surface area contributed by atoms with Gasteiger partial charge in [-0.15, -0.1) is 0 Å². The van der Waals surface area contributed by atoms with E-state index in [1.165, 1.54) is 13.8 Å². The Kier molecular flexibility index (Phi) is 9.30. The highest BCUT2D eigenvalue weighted by molar-refractivity contribution is 5.93. The Morgan fingerprint density at radius 2 is 1.59 bits per heavy atom. The molecule has 3 atom stereocenters. The Morgan fingerprint density at radius 1 is 0.966 bits per heavy atom. The Balaban J connectivity index is 2.73. The Morgan fingerprint density at radius 3 is 2.10 bits per heavy atom. The highest BCUT2D eigenvalue weighted by Crippen LogP contribution is 2.04. The molecule has 1 aromatic rings. The van der Waals surface area contributed by atoms with E-state index in [2.05, 4.69) is 16.0 Å². The quantitative estimate of drug-likeness (QED) is 0.318. The van der Waals surface area contributed by atoms with Gasteiger partial charge in [0.05, 0.1) is 0 Å². The second-order valence-electron chi connectivity index (χ2n) is 6.57. The van der Waals surface area contributed by atoms with Crippen LogP contribution in [0.15, 0.2) is 30.3 Å². The van der Waals surface area contributed by atoms with E-state index in [0.717, 1.165) is 5.56 Å². The summed E-state index contributed by atoms with van der Waals surface area (Å²) in [6.45, 7) is 2.68. The van der Waals surface area contributed by atoms with Crippen LogP contribution in [0.2, 0.25) is 0 Å². The van der Waals surface area contributed by atoms with E-state index in [4.69, 9.17) is 10.8 Å². The van der Waals surface area contributed by atoms with Gasteiger partial charge in [0.15, 0.2) is 0 Å². The first-order valence-electron chi connectivity index (χ1n) is 9.03. The first-order chi connectivity index (χ1) is 13.6. The molecular formula is C19H26N4O6. The molecule has 1 aromatic carbocycles. The molecule has 29 heavy (non-hydrogen) atoms. The molecule has 0 aromatic heterocycles. The van der Waals surface area contributed by atoms with Gasteiger partial charge in [0, 0.05) is 19.8 Å². The van der Waals surface area contributed by atoms with Crippen LogP contribution in [0.3, 0.4) is 0 Å². The number of aliphatic carboxylic acids is 1. The van der Waals surface area contributed by atoms with E-state index >= 15 is 0 Å². The zero-order chi connectivity index (χ0) is 22.0. The van der Waals surface area contributed by atoms with Crippen molar-refractivity contribution in [3.05, 3.63) is 35.9 Å². The first-order valence-corrected chi connectivity index (χ1v) is 9.03. The van der Waals surface area contributed by atoms with Crippen molar-refractivity contribution < 1.29 is 29.1 Å². The molecule has 6 N–H and O–H groups in total. The molecule has 10 nitrogen and oxygen atoms in total. The number of nitrogens with one attached hydrogen (secondary N) is 3. The van der Waals surface area contributed by atoms with E-state index in [1.54, 1.807) is 24.3 Å². The highest BCUT2D eigenvalue weighted by atomic mass is 16.4. The maximum absolute atomic E-state index is 12.6. The monoisotopic (exact) mass is 406 g/mol. The van der Waals surface area contributed by atoms with Gasteiger partial charge < -0.3 is 26.8 Å². The fourth-order valence-corrected chi connectivity index (χ4v) is 2.53. The van der Waals surface area contributed by atoms with Gasteiger partial charge in [-0.05, 0) is 18.9 Å². The van der Waals surface area contributed by atoms with Crippen molar-refractivity contribution in [1.82, 2.24) is 16.0 Å². The average molecular weight is 406 g/mol. The Bertz CT molecular complexity index is 752. The topological polar surface area (TPSA) is 168 Å². The number of primary amides is 1. The molecule has 158 valence electrons. The zero-order valence-electron chi connectivity index (χ0n) is 16.3. The van der Waals surface area contributed by atoms with Crippen LogP contribution >= 0.6 is 0 Å². The summed E-state index contributed by atoms with van der Waals surface area (Å²) in [5, 5.41) is 16.1. The second kappa shape index (κ2) is 11.4. The van der Waals surface area contributed by atoms with Crippen LogP contribution in [0, 0.1) is 0 Å². The summed E-state index contributed by atoms with van der Waals surface area (Å²) in [4.78, 5) is 58.3. The van der Waals surface area contributed by atoms with Gasteiger partial charge in [-0.1, -0.05) is 30.3 Å². The average Bonchev–Trinajstić information content (AvgIpc) is 2.64. The van der Waals surface area contributed by atoms with Gasteiger partial charge in [0.1, 0.15) is 18.1 Å². The molecule has 0 spiro atoms. The van der Waals surface area contributed by atoms with Crippen molar-refractivity contribution >= 4 is 29.6 Å². The lowest BCUT2D eigenvalue weighted by molar-refractivity contribution is -0.138. The molecule has 0 heterocycles. The van der Waals surface area contributed by atoms with Crippen molar-refractivity contribution in [2.24, 2.45) is 5.73 Å². The number of carbonyl (C=O) groups is 5. The summed E-state index contributed by atoms with van der Waals surface area (Å²) < 4.78 is 0. The largest absolute Gasteiger partial charge is 0.481 e. The van der Waals surface area contributed by atoms with Gasteiger partial charge in [-0.3, -0.25) is 24.0 Å². The summed E-state index contributed by atoms with van der Waals surface area (Å²) >= 11 is 0. The third-order valence-electron chi connectivity index (χ3n) is 4.04. The fourth-order valence-electron chi connectivity index (χ4n) is 2.53. The maximum Gasteiger partial charge on any atom is 0.303 e. The van der Waals surface area contributed by atoms with E-state index in [1.807, 2.05) is 6.07 Å². The molecule has 4 amide bonds. The predicted molar refractivity (Wildman–Crippen MR) is 103 cm³/mol. The van der Waals surface area contributed by atoms with Crippen LogP contribution in [0.25, 0.3) is 0 Å². The molecule has 10 heteroatoms. The van der Waals surface area contributed by atoms with Crippen molar-refractivity contribution in [3.8, 4) is 0 Å². The van der Waals surface area contributed by atoms with Gasteiger partial charge in [0.2, 0.25) is 23.6 Å². The molecule has 0 saturated heterocycles. The lowest BCUT2D eigenvalue weighted by Crippen LogP contribution is -2.55. The summed E-state index contributed by atoms with van der Waals surface area (Å²) in [6.07, 6.45) is -0.293. The number of carboxylic acid groups (broad SMARTS) is 1.